The Morgan fingerprint density at radius 1 is 1.44 bits per heavy atom. The molecule has 98 valence electrons. The molecule has 0 saturated heterocycles. The topological polar surface area (TPSA) is 42.7 Å². The van der Waals surface area contributed by atoms with Crippen LogP contribution in [0.1, 0.15) is 34.7 Å². The fraction of sp³-hybridized carbons (Fsp3) is 0.538. The fourth-order valence-electron chi connectivity index (χ4n) is 2.10. The van der Waals surface area contributed by atoms with E-state index < -0.39 is 0 Å². The number of rotatable bonds is 6. The summed E-state index contributed by atoms with van der Waals surface area (Å²) < 4.78 is 1.87. The molecule has 2 aromatic heterocycles. The number of aromatic nitrogens is 3. The maximum atomic E-state index is 3.95. The Labute approximate surface area is 112 Å². The summed E-state index contributed by atoms with van der Waals surface area (Å²) in [6.45, 7) is 8.50. The molecule has 0 aromatic carbocycles. The van der Waals surface area contributed by atoms with Crippen LogP contribution in [0.5, 0.6) is 0 Å². The van der Waals surface area contributed by atoms with E-state index in [0.29, 0.717) is 6.04 Å². The van der Waals surface area contributed by atoms with Crippen molar-refractivity contribution in [3.05, 3.63) is 33.8 Å². The predicted octanol–water partition coefficient (Wildman–Crippen LogP) is 2.70. The van der Waals surface area contributed by atoms with Crippen LogP contribution in [0, 0.1) is 13.8 Å². The van der Waals surface area contributed by atoms with E-state index in [-0.39, 0.29) is 0 Å². The molecule has 1 atom stereocenters. The Balaban J connectivity index is 1.75. The molecule has 1 N–H and O–H groups in total. The average molecular weight is 264 g/mol. The van der Waals surface area contributed by atoms with Gasteiger partial charge in [-0.15, -0.1) is 16.4 Å². The molecule has 0 bridgehead atoms. The molecule has 0 saturated carbocycles. The largest absolute Gasteiger partial charge is 0.310 e. The zero-order valence-electron chi connectivity index (χ0n) is 11.2. The van der Waals surface area contributed by atoms with Crippen LogP contribution in [0.2, 0.25) is 0 Å². The van der Waals surface area contributed by atoms with E-state index >= 15 is 0 Å². The Kier molecular flexibility index (Phi) is 4.49. The van der Waals surface area contributed by atoms with Crippen molar-refractivity contribution in [2.75, 3.05) is 6.54 Å². The van der Waals surface area contributed by atoms with Crippen LogP contribution in [0.3, 0.4) is 0 Å². The molecule has 4 nitrogen and oxygen atoms in total. The Hall–Kier alpha value is -1.20. The molecule has 1 unspecified atom stereocenters. The number of aryl methyl sites for hydroxylation is 3. The van der Waals surface area contributed by atoms with E-state index in [9.17, 15) is 0 Å². The summed E-state index contributed by atoms with van der Waals surface area (Å²) in [6, 6.07) is 2.71. The second kappa shape index (κ2) is 6.11. The number of hydrogen-bond acceptors (Lipinski definition) is 4. The van der Waals surface area contributed by atoms with E-state index in [0.717, 1.165) is 19.5 Å². The predicted molar refractivity (Wildman–Crippen MR) is 74.8 cm³/mol. The van der Waals surface area contributed by atoms with Crippen molar-refractivity contribution >= 4 is 11.3 Å². The molecule has 2 rings (SSSR count). The first-order chi connectivity index (χ1) is 8.66. The second-order valence-electron chi connectivity index (χ2n) is 4.56. The van der Waals surface area contributed by atoms with E-state index in [1.54, 1.807) is 6.20 Å². The van der Waals surface area contributed by atoms with E-state index in [1.807, 2.05) is 22.2 Å². The SMILES string of the molecule is Cc1cc(C(C)NCCCn2ccnn2)c(C)s1. The first-order valence-electron chi connectivity index (χ1n) is 6.31. The number of nitrogens with zero attached hydrogens (tertiary/aromatic N) is 3. The van der Waals surface area contributed by atoms with Gasteiger partial charge in [-0.2, -0.15) is 0 Å². The molecule has 0 aliphatic carbocycles. The Morgan fingerprint density at radius 3 is 2.89 bits per heavy atom. The van der Waals surface area contributed by atoms with Crippen LogP contribution in [-0.2, 0) is 6.54 Å². The molecular formula is C13H20N4S. The van der Waals surface area contributed by atoms with E-state index in [1.165, 1.54) is 15.3 Å². The summed E-state index contributed by atoms with van der Waals surface area (Å²) in [4.78, 5) is 2.81. The number of nitrogens with one attached hydrogen (secondary N) is 1. The lowest BCUT2D eigenvalue weighted by atomic mass is 10.1. The molecule has 0 amide bonds. The zero-order valence-corrected chi connectivity index (χ0v) is 12.0. The van der Waals surface area contributed by atoms with Crippen LogP contribution < -0.4 is 5.32 Å². The van der Waals surface area contributed by atoms with Gasteiger partial charge in [0, 0.05) is 28.5 Å². The molecule has 0 aliphatic rings. The van der Waals surface area contributed by atoms with Crippen molar-refractivity contribution in [1.29, 1.82) is 0 Å². The summed E-state index contributed by atoms with van der Waals surface area (Å²) in [6.07, 6.45) is 4.68. The van der Waals surface area contributed by atoms with Gasteiger partial charge in [0.15, 0.2) is 0 Å². The highest BCUT2D eigenvalue weighted by Crippen LogP contribution is 2.25. The lowest BCUT2D eigenvalue weighted by molar-refractivity contribution is 0.499. The van der Waals surface area contributed by atoms with Gasteiger partial charge in [0.2, 0.25) is 0 Å². The summed E-state index contributed by atoms with van der Waals surface area (Å²) in [7, 11) is 0. The smallest absolute Gasteiger partial charge is 0.0692 e. The lowest BCUT2D eigenvalue weighted by Gasteiger charge is -2.13. The quantitative estimate of drug-likeness (QED) is 0.816. The van der Waals surface area contributed by atoms with Crippen LogP contribution in [-0.4, -0.2) is 21.5 Å². The van der Waals surface area contributed by atoms with Gasteiger partial charge in [-0.05, 0) is 45.4 Å². The van der Waals surface area contributed by atoms with Crippen LogP contribution in [0.4, 0.5) is 0 Å². The van der Waals surface area contributed by atoms with Gasteiger partial charge in [0.25, 0.3) is 0 Å². The van der Waals surface area contributed by atoms with Gasteiger partial charge in [0.05, 0.1) is 6.20 Å². The molecule has 0 radical (unpaired) electrons. The van der Waals surface area contributed by atoms with Crippen LogP contribution in [0.15, 0.2) is 18.5 Å². The van der Waals surface area contributed by atoms with Gasteiger partial charge in [-0.25, -0.2) is 0 Å². The summed E-state index contributed by atoms with van der Waals surface area (Å²) in [5, 5.41) is 11.3. The molecule has 5 heteroatoms. The minimum Gasteiger partial charge on any atom is -0.310 e. The van der Waals surface area contributed by atoms with Crippen molar-refractivity contribution in [2.45, 2.75) is 39.8 Å². The van der Waals surface area contributed by atoms with Gasteiger partial charge < -0.3 is 5.32 Å². The molecule has 18 heavy (non-hydrogen) atoms. The first-order valence-corrected chi connectivity index (χ1v) is 7.13. The molecular weight excluding hydrogens is 244 g/mol. The van der Waals surface area contributed by atoms with Crippen molar-refractivity contribution in [2.24, 2.45) is 0 Å². The number of thiophene rings is 1. The molecule has 2 aromatic rings. The minimum absolute atomic E-state index is 0.422. The zero-order chi connectivity index (χ0) is 13.0. The molecule has 0 spiro atoms. The molecule has 0 fully saturated rings. The minimum atomic E-state index is 0.422. The van der Waals surface area contributed by atoms with Crippen LogP contribution >= 0.6 is 11.3 Å². The fourth-order valence-corrected chi connectivity index (χ4v) is 3.12. The number of hydrogen-bond donors (Lipinski definition) is 1. The van der Waals surface area contributed by atoms with Gasteiger partial charge in [-0.1, -0.05) is 5.21 Å². The van der Waals surface area contributed by atoms with Crippen molar-refractivity contribution < 1.29 is 0 Å². The average Bonchev–Trinajstić information content (AvgIpc) is 2.94. The highest BCUT2D eigenvalue weighted by Gasteiger charge is 2.10. The normalized spacial score (nSPS) is 12.8. The van der Waals surface area contributed by atoms with Crippen molar-refractivity contribution in [3.8, 4) is 0 Å². The maximum absolute atomic E-state index is 3.95. The van der Waals surface area contributed by atoms with Crippen molar-refractivity contribution in [1.82, 2.24) is 20.3 Å². The summed E-state index contributed by atoms with van der Waals surface area (Å²) >= 11 is 1.87. The molecule has 0 aliphatic heterocycles. The van der Waals surface area contributed by atoms with Gasteiger partial charge >= 0.3 is 0 Å². The van der Waals surface area contributed by atoms with Gasteiger partial charge in [-0.3, -0.25) is 4.68 Å². The van der Waals surface area contributed by atoms with Crippen molar-refractivity contribution in [3.63, 3.8) is 0 Å². The Bertz CT molecular complexity index is 475. The maximum Gasteiger partial charge on any atom is 0.0692 e. The lowest BCUT2D eigenvalue weighted by Crippen LogP contribution is -2.21. The Morgan fingerprint density at radius 2 is 2.28 bits per heavy atom. The van der Waals surface area contributed by atoms with Crippen LogP contribution in [0.25, 0.3) is 0 Å². The van der Waals surface area contributed by atoms with Gasteiger partial charge in [0.1, 0.15) is 0 Å². The standard InChI is InChI=1S/C13H20N4S/c1-10-9-13(12(3)18-10)11(2)14-5-4-7-17-8-6-15-16-17/h6,8-9,11,14H,4-5,7H2,1-3H3. The summed E-state index contributed by atoms with van der Waals surface area (Å²) in [5.74, 6) is 0. The van der Waals surface area contributed by atoms with E-state index in [2.05, 4.69) is 42.5 Å². The third-order valence-electron chi connectivity index (χ3n) is 3.03. The third kappa shape index (κ3) is 3.40. The first kappa shape index (κ1) is 13.2. The highest BCUT2D eigenvalue weighted by molar-refractivity contribution is 7.12. The monoisotopic (exact) mass is 264 g/mol. The molecule has 2 heterocycles. The highest BCUT2D eigenvalue weighted by atomic mass is 32.1. The van der Waals surface area contributed by atoms with E-state index in [4.69, 9.17) is 0 Å². The second-order valence-corrected chi connectivity index (χ2v) is 6.02. The summed E-state index contributed by atoms with van der Waals surface area (Å²) in [5.41, 5.74) is 1.43. The third-order valence-corrected chi connectivity index (χ3v) is 4.01.